The minimum Gasteiger partial charge on any atom is -0.480 e. The van der Waals surface area contributed by atoms with Crippen LogP contribution in [0.15, 0.2) is 60.7 Å². The van der Waals surface area contributed by atoms with Gasteiger partial charge in [-0.15, -0.1) is 0 Å². The van der Waals surface area contributed by atoms with Crippen LogP contribution >= 0.6 is 0 Å². The first-order valence-electron chi connectivity index (χ1n) is 37.2. The number of hydrogen-bond acceptors (Lipinski definition) is 28. The van der Waals surface area contributed by atoms with Gasteiger partial charge in [-0.1, -0.05) is 60.7 Å². The van der Waals surface area contributed by atoms with Crippen molar-refractivity contribution in [2.75, 3.05) is 150 Å². The van der Waals surface area contributed by atoms with Crippen LogP contribution in [0, 0.1) is 29.6 Å². The van der Waals surface area contributed by atoms with E-state index in [-0.39, 0.29) is 79.3 Å². The molecule has 10 atom stereocenters. The molecule has 2 aromatic carbocycles. The molecule has 0 aromatic heterocycles. The van der Waals surface area contributed by atoms with Gasteiger partial charge in [-0.25, -0.2) is 15.6 Å². The van der Waals surface area contributed by atoms with E-state index in [9.17, 15) is 62.3 Å². The van der Waals surface area contributed by atoms with Gasteiger partial charge in [0.05, 0.1) is 78.2 Å². The molecule has 7 saturated heterocycles. The molecule has 616 valence electrons. The van der Waals surface area contributed by atoms with Crippen LogP contribution in [0.25, 0.3) is 0 Å². The molecule has 110 heavy (non-hydrogen) atoms. The molecule has 2 aromatic rings. The summed E-state index contributed by atoms with van der Waals surface area (Å²) in [5.41, 5.74) is 2.06. The third-order valence-corrected chi connectivity index (χ3v) is 20.0. The number of fused-ring (bicyclic) bond motifs is 2. The lowest BCUT2D eigenvalue weighted by Crippen LogP contribution is -2.57. The summed E-state index contributed by atoms with van der Waals surface area (Å²) in [6.07, 6.45) is 7.24. The molecule has 9 rings (SSSR count). The normalized spacial score (nSPS) is 23.3. The van der Waals surface area contributed by atoms with Crippen molar-refractivity contribution >= 4 is 77.2 Å². The average molecular weight is 1560 g/mol. The number of carboxylic acid groups (broad SMARTS) is 1. The van der Waals surface area contributed by atoms with Crippen molar-refractivity contribution in [2.45, 2.75) is 146 Å². The van der Waals surface area contributed by atoms with Crippen LogP contribution in [0.3, 0.4) is 0 Å². The minimum absolute atomic E-state index is 0.0497. The Kier molecular flexibility index (Phi) is 42.1. The highest BCUT2D eigenvalue weighted by Crippen LogP contribution is 2.31. The summed E-state index contributed by atoms with van der Waals surface area (Å²) in [6, 6.07) is 16.2. The highest BCUT2D eigenvalue weighted by atomic mass is 17.2. The number of ether oxygens (including phenoxy) is 6. The highest BCUT2D eigenvalue weighted by Gasteiger charge is 2.49. The van der Waals surface area contributed by atoms with Crippen molar-refractivity contribution in [2.24, 2.45) is 35.4 Å². The summed E-state index contributed by atoms with van der Waals surface area (Å²) in [5, 5.41) is 33.5. The first kappa shape index (κ1) is 93.6. The van der Waals surface area contributed by atoms with Crippen molar-refractivity contribution in [3.63, 3.8) is 0 Å². The smallest absolute Gasteiger partial charge is 0.321 e. The third kappa shape index (κ3) is 29.1. The number of carbonyl (C=O) groups excluding carboxylic acids is 12. The molecule has 35 nitrogen and oxygen atoms in total. The number of aliphatic hydroxyl groups excluding tert-OH is 1. The van der Waals surface area contributed by atoms with E-state index in [0.717, 1.165) is 48.4 Å². The molecule has 0 aliphatic carbocycles. The lowest BCUT2D eigenvalue weighted by atomic mass is 9.88. The van der Waals surface area contributed by atoms with Crippen LogP contribution in [0.5, 0.6) is 0 Å². The second kappa shape index (κ2) is 49.4. The number of nitrogens with one attached hydrogen (secondary N) is 2. The van der Waals surface area contributed by atoms with Gasteiger partial charge in [0.15, 0.2) is 6.29 Å². The van der Waals surface area contributed by atoms with Crippen LogP contribution < -0.4 is 16.5 Å². The number of hydrazine groups is 1. The Balaban J connectivity index is 0.000000283. The molecule has 0 bridgehead atoms. The first-order valence-corrected chi connectivity index (χ1v) is 37.2. The zero-order chi connectivity index (χ0) is 81.6. The van der Waals surface area contributed by atoms with E-state index in [1.807, 2.05) is 79.7 Å². The molecular weight excluding hydrogens is 1440 g/mol. The number of amides is 6. The topological polar surface area (TPSA) is 432 Å². The van der Waals surface area contributed by atoms with Gasteiger partial charge in [-0.3, -0.25) is 77.1 Å². The Labute approximate surface area is 643 Å². The predicted octanol–water partition coefficient (Wildman–Crippen LogP) is 0.348. The predicted molar refractivity (Wildman–Crippen MR) is 394 cm³/mol. The maximum absolute atomic E-state index is 12.8. The highest BCUT2D eigenvalue weighted by molar-refractivity contribution is 5.95. The zero-order valence-corrected chi connectivity index (χ0v) is 65.5. The Morgan fingerprint density at radius 1 is 0.555 bits per heavy atom. The minimum atomic E-state index is -1.44. The largest absolute Gasteiger partial charge is 0.480 e. The maximum atomic E-state index is 12.8. The molecule has 0 radical (unpaired) electrons. The summed E-state index contributed by atoms with van der Waals surface area (Å²) >= 11 is 0. The maximum Gasteiger partial charge on any atom is 0.321 e. The molecule has 2 unspecified atom stereocenters. The number of benzene rings is 2. The number of aliphatic hydroxyl groups is 2. The molecule has 0 spiro atoms. The number of rotatable bonds is 23. The van der Waals surface area contributed by atoms with Gasteiger partial charge < -0.3 is 78.9 Å². The molecule has 7 aliphatic rings. The summed E-state index contributed by atoms with van der Waals surface area (Å²) in [6.45, 7) is 6.42. The number of carbonyl (C=O) groups is 13. The van der Waals surface area contributed by atoms with Gasteiger partial charge >= 0.3 is 41.8 Å². The average Bonchev–Trinajstić information content (AvgIpc) is 1.57. The van der Waals surface area contributed by atoms with Crippen molar-refractivity contribution in [3.8, 4) is 0 Å². The number of likely N-dealkylation sites (tertiary alicyclic amines) is 2. The van der Waals surface area contributed by atoms with Crippen molar-refractivity contribution in [3.05, 3.63) is 71.8 Å². The number of carboxylic acids is 1. The van der Waals surface area contributed by atoms with Crippen molar-refractivity contribution < 1.29 is 116 Å². The monoisotopic (exact) mass is 1560 g/mol. The molecule has 7 aliphatic heterocycles. The Morgan fingerprint density at radius 3 is 1.51 bits per heavy atom. The van der Waals surface area contributed by atoms with E-state index < -0.39 is 90.0 Å². The van der Waals surface area contributed by atoms with E-state index in [1.165, 1.54) is 50.2 Å². The van der Waals surface area contributed by atoms with Crippen molar-refractivity contribution in [1.82, 2.24) is 49.9 Å². The molecule has 7 N–H and O–H groups in total. The Bertz CT molecular complexity index is 3200. The standard InChI is InChI=1S/C20H30N2O5.C12H22N2O5.C12H18N2O4.C11H17N3O4.C11H15NO2.C9H15NO4/c1-21-12-7-11-17(20(24)25-3)18(21)19(23)22(2)13-8-14-26-27-15-16-9-5-4-6-10-16;1-14(7-5-9(15)16)11(17)10-8(12(18)19-2)4-3-6-13-10;1-13-7-5-9(15)14-6-3-4-8(12(17)18-2)10(14)11(13)16;1-18-11(17)7-3-2-5-13-8(15)4-6-14(12)10(16)9(7)13;1-12-8-7-11(13)14-9-10-5-3-2-4-6-10;1-10-5-3-4-6(9(13)14-2)7(10)8(11)12/h4-6,9-10,17-18H,7-8,11-15H2,1-3H3;8-10,13,15-16H,3-7H2,1-2H3;8,10H,3-7H2,1-2H3;7,9H,2-6,12H2,1H3;2-6,12H,7-9H2,1H3;6-7H,3-5H2,1-2H3,(H,11,12)/t17-,18+;8-,10+;8-,10?;7-,9?;;6-,7+/m1111.1/s1. The van der Waals surface area contributed by atoms with Gasteiger partial charge in [-0.05, 0) is 123 Å². The lowest BCUT2D eigenvalue weighted by molar-refractivity contribution is -0.304. The second-order valence-corrected chi connectivity index (χ2v) is 27.5. The lowest BCUT2D eigenvalue weighted by Gasteiger charge is -2.38. The molecule has 7 fully saturated rings. The van der Waals surface area contributed by atoms with Gasteiger partial charge in [0.2, 0.25) is 29.5 Å². The fourth-order valence-corrected chi connectivity index (χ4v) is 13.9. The summed E-state index contributed by atoms with van der Waals surface area (Å²) in [5.74, 6) is -1.05. The van der Waals surface area contributed by atoms with Crippen LogP contribution in [-0.2, 0) is 114 Å². The van der Waals surface area contributed by atoms with Gasteiger partial charge in [-0.2, -0.15) is 0 Å². The summed E-state index contributed by atoms with van der Waals surface area (Å²) in [7, 11) is 17.0. The van der Waals surface area contributed by atoms with Crippen molar-refractivity contribution in [1.29, 1.82) is 0 Å². The number of nitrogens with two attached hydrogens (primary N) is 1. The fourth-order valence-electron chi connectivity index (χ4n) is 13.9. The second-order valence-electron chi connectivity index (χ2n) is 27.5. The number of esters is 6. The number of piperidine rings is 5. The number of hydrogen-bond donors (Lipinski definition) is 6. The Hall–Kier alpha value is -8.81. The van der Waals surface area contributed by atoms with E-state index in [0.29, 0.717) is 123 Å². The van der Waals surface area contributed by atoms with Gasteiger partial charge in [0.1, 0.15) is 43.4 Å². The summed E-state index contributed by atoms with van der Waals surface area (Å²) in [4.78, 5) is 176. The van der Waals surface area contributed by atoms with Crippen LogP contribution in [-0.4, -0.2) is 318 Å². The number of likely N-dealkylation sites (N-methyl/N-ethyl adjacent to an activating group) is 5. The molecule has 0 saturated carbocycles. The van der Waals surface area contributed by atoms with E-state index in [1.54, 1.807) is 42.9 Å². The SMILES string of the molecule is CNCCC(=O)OCc1ccccc1.COC(=O)[C@@H]1CCCN(C)[C@@H]1C(=O)N(C)CCCOOCc1ccccc1.COC(=O)[C@@H]1CCCN(C)[C@@H]1C(=O)O.COC(=O)[C@@H]1CCCN2C(=O)CCN(C)C(=O)C12.COC(=O)[C@@H]1CCCN2C(=O)CCN(N)C(=O)C12.COC(=O)[C@@H]1CCCN[C@@H]1C(=O)N(C)CCC(O)O. The fraction of sp³-hybridized carbons (Fsp3) is 0.667. The zero-order valence-electron chi connectivity index (χ0n) is 65.5. The quantitative estimate of drug-likeness (QED) is 0.0128. The van der Waals surface area contributed by atoms with Crippen LogP contribution in [0.1, 0.15) is 107 Å². The molecule has 6 amide bonds. The number of aliphatic carboxylic acids is 1. The van der Waals surface area contributed by atoms with Gasteiger partial charge in [0, 0.05) is 86.2 Å². The van der Waals surface area contributed by atoms with Crippen LogP contribution in [0.4, 0.5) is 0 Å². The third-order valence-electron chi connectivity index (χ3n) is 20.0. The molecule has 35 heteroatoms. The molecule has 7 heterocycles. The number of nitrogens with zero attached hydrogens (tertiary/aromatic N) is 8. The molecular formula is C75H117N11O24. The Morgan fingerprint density at radius 2 is 1.00 bits per heavy atom. The van der Waals surface area contributed by atoms with Crippen LogP contribution in [0.2, 0.25) is 0 Å². The van der Waals surface area contributed by atoms with E-state index in [2.05, 4.69) is 15.4 Å². The van der Waals surface area contributed by atoms with E-state index >= 15 is 0 Å². The first-order chi connectivity index (χ1) is 52.5. The summed E-state index contributed by atoms with van der Waals surface area (Å²) < 4.78 is 28.7. The van der Waals surface area contributed by atoms with Gasteiger partial charge in [0.25, 0.3) is 5.91 Å². The van der Waals surface area contributed by atoms with E-state index in [4.69, 9.17) is 54.6 Å². The number of methoxy groups -OCH3 is 5.